The van der Waals surface area contributed by atoms with Crippen LogP contribution in [0.2, 0.25) is 0 Å². The largest absolute Gasteiger partial charge is 0.324 e. The number of Topliss-reactive ketones (excluding diaryl/α,β-unsaturated/α-hetero) is 1. The summed E-state index contributed by atoms with van der Waals surface area (Å²) in [6.45, 7) is 5.40. The van der Waals surface area contributed by atoms with Crippen LogP contribution < -0.4 is 10.6 Å². The van der Waals surface area contributed by atoms with Crippen molar-refractivity contribution >= 4 is 29.0 Å². The van der Waals surface area contributed by atoms with E-state index in [1.165, 1.54) is 6.92 Å². The lowest BCUT2D eigenvalue weighted by atomic mass is 10.1. The summed E-state index contributed by atoms with van der Waals surface area (Å²) in [6.07, 6.45) is 0.874. The average molecular weight is 374 g/mol. The van der Waals surface area contributed by atoms with E-state index in [0.29, 0.717) is 22.9 Å². The zero-order chi connectivity index (χ0) is 20.1. The molecule has 6 nitrogen and oxygen atoms in total. The molecule has 0 saturated carbocycles. The monoisotopic (exact) mass is 374 g/mol. The Labute approximate surface area is 164 Å². The minimum absolute atomic E-state index is 0.0209. The molecule has 1 amide bonds. The molecule has 1 aromatic heterocycles. The van der Waals surface area contributed by atoms with Crippen LogP contribution in [0.4, 0.5) is 17.3 Å². The number of nitrogens with zero attached hydrogens (tertiary/aromatic N) is 2. The Balaban J connectivity index is 1.80. The number of hydrogen-bond donors (Lipinski definition) is 2. The van der Waals surface area contributed by atoms with Crippen LogP contribution >= 0.6 is 0 Å². The van der Waals surface area contributed by atoms with Gasteiger partial charge in [-0.2, -0.15) is 0 Å². The van der Waals surface area contributed by atoms with Crippen molar-refractivity contribution in [3.63, 3.8) is 0 Å². The van der Waals surface area contributed by atoms with Gasteiger partial charge in [-0.15, -0.1) is 0 Å². The molecule has 142 valence electrons. The van der Waals surface area contributed by atoms with E-state index in [1.807, 2.05) is 31.2 Å². The maximum atomic E-state index is 12.6. The Kier molecular flexibility index (Phi) is 5.79. The predicted octanol–water partition coefficient (Wildman–Crippen LogP) is 4.55. The molecule has 2 aromatic carbocycles. The molecule has 0 spiro atoms. The van der Waals surface area contributed by atoms with Crippen LogP contribution in [-0.4, -0.2) is 21.7 Å². The molecule has 6 heteroatoms. The van der Waals surface area contributed by atoms with Crippen LogP contribution in [0, 0.1) is 6.92 Å². The highest BCUT2D eigenvalue weighted by Gasteiger charge is 2.12. The van der Waals surface area contributed by atoms with Gasteiger partial charge in [0.15, 0.2) is 5.78 Å². The number of carbonyl (C=O) groups excluding carboxylic acids is 2. The number of para-hydroxylation sites is 1. The van der Waals surface area contributed by atoms with Gasteiger partial charge in [0.1, 0.15) is 5.69 Å². The van der Waals surface area contributed by atoms with Crippen molar-refractivity contribution in [2.24, 2.45) is 0 Å². The number of anilines is 3. The third kappa shape index (κ3) is 4.59. The van der Waals surface area contributed by atoms with Gasteiger partial charge in [0.2, 0.25) is 5.95 Å². The normalized spacial score (nSPS) is 10.4. The van der Waals surface area contributed by atoms with Crippen molar-refractivity contribution in [1.82, 2.24) is 9.97 Å². The molecule has 0 unspecified atom stereocenters. The first-order chi connectivity index (χ1) is 13.5. The standard InChI is InChI=1S/C22H22N4O2/c1-4-16-7-5-6-8-19(16)25-22-23-14(2)13-20(26-22)21(28)24-18-11-9-17(10-12-18)15(3)27/h5-13H,4H2,1-3H3,(H,24,28)(H,23,25,26). The van der Waals surface area contributed by atoms with Crippen LogP contribution in [0.25, 0.3) is 0 Å². The molecule has 0 fully saturated rings. The lowest BCUT2D eigenvalue weighted by molar-refractivity contribution is 0.101. The summed E-state index contributed by atoms with van der Waals surface area (Å²) in [7, 11) is 0. The third-order valence-corrected chi connectivity index (χ3v) is 4.28. The second-order valence-electron chi connectivity index (χ2n) is 6.44. The zero-order valence-electron chi connectivity index (χ0n) is 16.1. The number of nitrogens with one attached hydrogen (secondary N) is 2. The van der Waals surface area contributed by atoms with Crippen molar-refractivity contribution in [2.45, 2.75) is 27.2 Å². The van der Waals surface area contributed by atoms with Crippen LogP contribution in [-0.2, 0) is 6.42 Å². The number of ketones is 1. The first-order valence-corrected chi connectivity index (χ1v) is 9.09. The molecule has 0 atom stereocenters. The van der Waals surface area contributed by atoms with Crippen LogP contribution in [0.3, 0.4) is 0 Å². The van der Waals surface area contributed by atoms with Crippen molar-refractivity contribution in [2.75, 3.05) is 10.6 Å². The summed E-state index contributed by atoms with van der Waals surface area (Å²) >= 11 is 0. The van der Waals surface area contributed by atoms with Gasteiger partial charge in [-0.1, -0.05) is 25.1 Å². The van der Waals surface area contributed by atoms with Gasteiger partial charge in [0, 0.05) is 22.6 Å². The minimum Gasteiger partial charge on any atom is -0.324 e. The van der Waals surface area contributed by atoms with Crippen molar-refractivity contribution < 1.29 is 9.59 Å². The van der Waals surface area contributed by atoms with E-state index >= 15 is 0 Å². The molecule has 0 bridgehead atoms. The fraction of sp³-hybridized carbons (Fsp3) is 0.182. The van der Waals surface area contributed by atoms with E-state index in [1.54, 1.807) is 30.3 Å². The van der Waals surface area contributed by atoms with E-state index in [4.69, 9.17) is 0 Å². The van der Waals surface area contributed by atoms with Gasteiger partial charge in [-0.3, -0.25) is 9.59 Å². The summed E-state index contributed by atoms with van der Waals surface area (Å²) < 4.78 is 0. The fourth-order valence-electron chi connectivity index (χ4n) is 2.80. The summed E-state index contributed by atoms with van der Waals surface area (Å²) in [5.41, 5.74) is 4.20. The van der Waals surface area contributed by atoms with Gasteiger partial charge < -0.3 is 10.6 Å². The quantitative estimate of drug-likeness (QED) is 0.619. The van der Waals surface area contributed by atoms with Crippen LogP contribution in [0.5, 0.6) is 0 Å². The number of amides is 1. The number of benzene rings is 2. The molecular formula is C22H22N4O2. The number of rotatable bonds is 6. The number of carbonyl (C=O) groups is 2. The average Bonchev–Trinajstić information content (AvgIpc) is 2.68. The first-order valence-electron chi connectivity index (χ1n) is 9.09. The first kappa shape index (κ1) is 19.2. The Hall–Kier alpha value is -3.54. The minimum atomic E-state index is -0.340. The highest BCUT2D eigenvalue weighted by Crippen LogP contribution is 2.20. The molecular weight excluding hydrogens is 352 g/mol. The van der Waals surface area contributed by atoms with Gasteiger partial charge in [0.25, 0.3) is 5.91 Å². The fourth-order valence-corrected chi connectivity index (χ4v) is 2.80. The number of aryl methyl sites for hydroxylation is 2. The second-order valence-corrected chi connectivity index (χ2v) is 6.44. The summed E-state index contributed by atoms with van der Waals surface area (Å²) in [5, 5.41) is 6.00. The van der Waals surface area contributed by atoms with Crippen LogP contribution in [0.1, 0.15) is 46.0 Å². The van der Waals surface area contributed by atoms with Gasteiger partial charge >= 0.3 is 0 Å². The SMILES string of the molecule is CCc1ccccc1Nc1nc(C)cc(C(=O)Nc2ccc(C(C)=O)cc2)n1. The molecule has 3 rings (SSSR count). The zero-order valence-corrected chi connectivity index (χ0v) is 16.1. The summed E-state index contributed by atoms with van der Waals surface area (Å²) in [5.74, 6) is 0.0123. The Morgan fingerprint density at radius 3 is 2.39 bits per heavy atom. The Morgan fingerprint density at radius 2 is 1.71 bits per heavy atom. The number of aromatic nitrogens is 2. The highest BCUT2D eigenvalue weighted by molar-refractivity contribution is 6.03. The highest BCUT2D eigenvalue weighted by atomic mass is 16.2. The van der Waals surface area contributed by atoms with E-state index in [-0.39, 0.29) is 17.4 Å². The van der Waals surface area contributed by atoms with Gasteiger partial charge in [-0.05, 0) is 62.2 Å². The number of hydrogen-bond acceptors (Lipinski definition) is 5. The van der Waals surface area contributed by atoms with E-state index in [9.17, 15) is 9.59 Å². The summed E-state index contributed by atoms with van der Waals surface area (Å²) in [6, 6.07) is 16.3. The maximum Gasteiger partial charge on any atom is 0.274 e. The molecule has 3 aromatic rings. The second kappa shape index (κ2) is 8.43. The lowest BCUT2D eigenvalue weighted by Crippen LogP contribution is -2.15. The summed E-state index contributed by atoms with van der Waals surface area (Å²) in [4.78, 5) is 32.7. The van der Waals surface area contributed by atoms with Crippen molar-refractivity contribution in [3.05, 3.63) is 77.1 Å². The Bertz CT molecular complexity index is 1010. The molecule has 0 radical (unpaired) electrons. The van der Waals surface area contributed by atoms with Gasteiger partial charge in [0.05, 0.1) is 0 Å². The molecule has 0 aliphatic carbocycles. The topological polar surface area (TPSA) is 84.0 Å². The Morgan fingerprint density at radius 1 is 1.00 bits per heavy atom. The maximum absolute atomic E-state index is 12.6. The molecule has 28 heavy (non-hydrogen) atoms. The lowest BCUT2D eigenvalue weighted by Gasteiger charge is -2.11. The van der Waals surface area contributed by atoms with E-state index in [2.05, 4.69) is 27.5 Å². The third-order valence-electron chi connectivity index (χ3n) is 4.28. The molecule has 0 aliphatic rings. The predicted molar refractivity (Wildman–Crippen MR) is 110 cm³/mol. The molecule has 1 heterocycles. The van der Waals surface area contributed by atoms with Crippen molar-refractivity contribution in [1.29, 1.82) is 0 Å². The van der Waals surface area contributed by atoms with E-state index in [0.717, 1.165) is 17.7 Å². The molecule has 2 N–H and O–H groups in total. The smallest absolute Gasteiger partial charge is 0.274 e. The van der Waals surface area contributed by atoms with Crippen molar-refractivity contribution in [3.8, 4) is 0 Å². The van der Waals surface area contributed by atoms with Gasteiger partial charge in [-0.25, -0.2) is 9.97 Å². The van der Waals surface area contributed by atoms with Crippen LogP contribution in [0.15, 0.2) is 54.6 Å². The van der Waals surface area contributed by atoms with E-state index < -0.39 is 0 Å². The molecule has 0 aliphatic heterocycles. The molecule has 0 saturated heterocycles.